The molecule has 8 nitrogen and oxygen atoms in total. The maximum absolute atomic E-state index is 13.0. The Kier molecular flexibility index (Phi) is 10.3. The lowest BCUT2D eigenvalue weighted by atomic mass is 9.96. The zero-order valence-electron chi connectivity index (χ0n) is 19.9. The summed E-state index contributed by atoms with van der Waals surface area (Å²) >= 11 is 0. The molecule has 1 saturated heterocycles. The summed E-state index contributed by atoms with van der Waals surface area (Å²) in [6, 6.07) is 11.1. The Morgan fingerprint density at radius 2 is 1.69 bits per heavy atom. The van der Waals surface area contributed by atoms with Gasteiger partial charge >= 0.3 is 18.2 Å². The number of amides is 2. The molecule has 0 bridgehead atoms. The highest BCUT2D eigenvalue weighted by Gasteiger charge is 2.38. The van der Waals surface area contributed by atoms with Gasteiger partial charge in [-0.1, -0.05) is 6.07 Å². The first kappa shape index (κ1) is 28.7. The number of ketones is 1. The molecule has 2 heterocycles. The first-order chi connectivity index (χ1) is 16.9. The Bertz CT molecular complexity index is 1040. The minimum Gasteiger partial charge on any atom is -0.475 e. The predicted octanol–water partition coefficient (Wildman–Crippen LogP) is 3.90. The van der Waals surface area contributed by atoms with Crippen molar-refractivity contribution in [2.45, 2.75) is 25.9 Å². The lowest BCUT2D eigenvalue weighted by Gasteiger charge is -2.31. The van der Waals surface area contributed by atoms with Crippen molar-refractivity contribution in [3.8, 4) is 0 Å². The molecule has 0 saturated carbocycles. The van der Waals surface area contributed by atoms with Crippen LogP contribution in [0.1, 0.15) is 28.9 Å². The van der Waals surface area contributed by atoms with Crippen LogP contribution in [-0.2, 0) is 4.79 Å². The number of hydrogen-bond donors (Lipinski definition) is 2. The van der Waals surface area contributed by atoms with E-state index in [1.54, 1.807) is 7.05 Å². The number of aromatic nitrogens is 1. The van der Waals surface area contributed by atoms with Crippen LogP contribution in [0.25, 0.3) is 0 Å². The van der Waals surface area contributed by atoms with Gasteiger partial charge in [0.25, 0.3) is 0 Å². The van der Waals surface area contributed by atoms with E-state index in [0.717, 1.165) is 31.6 Å². The van der Waals surface area contributed by atoms with Crippen LogP contribution in [0.15, 0.2) is 42.5 Å². The van der Waals surface area contributed by atoms with Gasteiger partial charge in [0.15, 0.2) is 5.78 Å². The van der Waals surface area contributed by atoms with Gasteiger partial charge in [-0.05, 0) is 75.2 Å². The lowest BCUT2D eigenvalue weighted by molar-refractivity contribution is -0.192. The molecule has 12 heteroatoms. The topological polar surface area (TPSA) is 103 Å². The lowest BCUT2D eigenvalue weighted by Crippen LogP contribution is -2.43. The second-order valence-corrected chi connectivity index (χ2v) is 8.33. The Hall–Kier alpha value is -3.54. The number of anilines is 1. The Morgan fingerprint density at radius 3 is 2.22 bits per heavy atom. The van der Waals surface area contributed by atoms with E-state index >= 15 is 0 Å². The molecular formula is C24H28F4N4O4. The van der Waals surface area contributed by atoms with E-state index in [-0.39, 0.29) is 17.6 Å². The van der Waals surface area contributed by atoms with Gasteiger partial charge in [0, 0.05) is 24.8 Å². The van der Waals surface area contributed by atoms with E-state index in [1.807, 2.05) is 25.1 Å². The minimum absolute atomic E-state index is 0.00373. The molecule has 1 aromatic heterocycles. The molecule has 2 aromatic rings. The van der Waals surface area contributed by atoms with Gasteiger partial charge < -0.3 is 10.4 Å². The average Bonchev–Trinajstić information content (AvgIpc) is 2.83. The summed E-state index contributed by atoms with van der Waals surface area (Å²) in [7, 11) is 1.71. The van der Waals surface area contributed by atoms with Crippen LogP contribution in [0.4, 0.5) is 28.2 Å². The number of carboxylic acid groups (broad SMARTS) is 1. The Labute approximate surface area is 205 Å². The van der Waals surface area contributed by atoms with Gasteiger partial charge in [0.2, 0.25) is 0 Å². The first-order valence-corrected chi connectivity index (χ1v) is 11.1. The monoisotopic (exact) mass is 512 g/mol. The number of pyridine rings is 1. The number of aliphatic carboxylic acids is 1. The number of nitrogens with zero attached hydrogens (tertiary/aromatic N) is 3. The number of benzene rings is 1. The SMILES string of the molecule is Cc1cccc(N(C)C(=O)NCC2CCN(CC(=O)c3ccc(F)cc3)CC2)n1.O=C(O)C(F)(F)F. The van der Waals surface area contributed by atoms with Crippen LogP contribution in [0.2, 0.25) is 0 Å². The fraction of sp³-hybridized carbons (Fsp3) is 0.417. The summed E-state index contributed by atoms with van der Waals surface area (Å²) in [5, 5.41) is 10.1. The van der Waals surface area contributed by atoms with Gasteiger partial charge in [-0.15, -0.1) is 0 Å². The number of urea groups is 1. The van der Waals surface area contributed by atoms with E-state index in [0.29, 0.717) is 30.4 Å². The van der Waals surface area contributed by atoms with E-state index in [4.69, 9.17) is 9.90 Å². The highest BCUT2D eigenvalue weighted by Crippen LogP contribution is 2.18. The molecule has 0 atom stereocenters. The minimum atomic E-state index is -5.08. The van der Waals surface area contributed by atoms with Gasteiger partial charge in [0.1, 0.15) is 11.6 Å². The Balaban J connectivity index is 0.000000572. The third-order valence-electron chi connectivity index (χ3n) is 5.55. The van der Waals surface area contributed by atoms with Crippen LogP contribution in [0.5, 0.6) is 0 Å². The third-order valence-corrected chi connectivity index (χ3v) is 5.55. The van der Waals surface area contributed by atoms with Crippen molar-refractivity contribution in [3.05, 3.63) is 59.5 Å². The predicted molar refractivity (Wildman–Crippen MR) is 124 cm³/mol. The maximum Gasteiger partial charge on any atom is 0.490 e. The summed E-state index contributed by atoms with van der Waals surface area (Å²) in [6.07, 6.45) is -3.24. The molecule has 0 radical (unpaired) electrons. The van der Waals surface area contributed by atoms with E-state index < -0.39 is 12.1 Å². The second kappa shape index (κ2) is 13.0. The van der Waals surface area contributed by atoms with Crippen LogP contribution >= 0.6 is 0 Å². The van der Waals surface area contributed by atoms with Crippen LogP contribution in [0, 0.1) is 18.7 Å². The van der Waals surface area contributed by atoms with Crippen LogP contribution in [0.3, 0.4) is 0 Å². The molecule has 0 spiro atoms. The van der Waals surface area contributed by atoms with Crippen molar-refractivity contribution in [1.29, 1.82) is 0 Å². The molecule has 2 amide bonds. The average molecular weight is 513 g/mol. The van der Waals surface area contributed by atoms with Gasteiger partial charge in [0.05, 0.1) is 6.54 Å². The van der Waals surface area contributed by atoms with Crippen molar-refractivity contribution in [2.24, 2.45) is 5.92 Å². The molecule has 1 aliphatic rings. The number of rotatable bonds is 6. The number of piperidine rings is 1. The van der Waals surface area contributed by atoms with Crippen molar-refractivity contribution in [3.63, 3.8) is 0 Å². The largest absolute Gasteiger partial charge is 0.490 e. The standard InChI is InChI=1S/C22H27FN4O2.C2HF3O2/c1-16-4-3-5-21(25-16)26(2)22(29)24-14-17-10-12-27(13-11-17)15-20(28)18-6-8-19(23)9-7-18;3-2(4,5)1(6)7/h3-9,17H,10-15H2,1-2H3,(H,24,29);(H,6,7). The van der Waals surface area contributed by atoms with E-state index in [9.17, 15) is 27.2 Å². The van der Waals surface area contributed by atoms with Gasteiger partial charge in [-0.3, -0.25) is 14.6 Å². The quantitative estimate of drug-likeness (QED) is 0.450. The number of carboxylic acids is 1. The van der Waals surface area contributed by atoms with Gasteiger partial charge in [-0.25, -0.2) is 19.0 Å². The number of aryl methyl sites for hydroxylation is 1. The second-order valence-electron chi connectivity index (χ2n) is 8.33. The third kappa shape index (κ3) is 9.25. The summed E-state index contributed by atoms with van der Waals surface area (Å²) in [6.45, 7) is 4.45. The van der Waals surface area contributed by atoms with Crippen LogP contribution < -0.4 is 10.2 Å². The summed E-state index contributed by atoms with van der Waals surface area (Å²) in [4.78, 5) is 41.6. The fourth-order valence-corrected chi connectivity index (χ4v) is 3.45. The van der Waals surface area contributed by atoms with Crippen molar-refractivity contribution >= 4 is 23.6 Å². The van der Waals surface area contributed by atoms with E-state index in [2.05, 4.69) is 15.2 Å². The number of likely N-dealkylation sites (tertiary alicyclic amines) is 1. The molecule has 1 aliphatic heterocycles. The first-order valence-electron chi connectivity index (χ1n) is 11.1. The highest BCUT2D eigenvalue weighted by atomic mass is 19.4. The number of halogens is 4. The molecule has 1 aromatic carbocycles. The molecule has 196 valence electrons. The van der Waals surface area contributed by atoms with Crippen molar-refractivity contribution in [1.82, 2.24) is 15.2 Å². The molecular weight excluding hydrogens is 484 g/mol. The zero-order chi connectivity index (χ0) is 26.9. The number of alkyl halides is 3. The van der Waals surface area contributed by atoms with Crippen molar-refractivity contribution < 1.29 is 37.1 Å². The van der Waals surface area contributed by atoms with Gasteiger partial charge in [-0.2, -0.15) is 13.2 Å². The summed E-state index contributed by atoms with van der Waals surface area (Å²) < 4.78 is 44.7. The smallest absolute Gasteiger partial charge is 0.475 e. The maximum atomic E-state index is 13.0. The molecule has 36 heavy (non-hydrogen) atoms. The molecule has 3 rings (SSSR count). The summed E-state index contributed by atoms with van der Waals surface area (Å²) in [5.41, 5.74) is 1.40. The van der Waals surface area contributed by atoms with Crippen LogP contribution in [-0.4, -0.2) is 72.2 Å². The normalized spacial score (nSPS) is 14.4. The Morgan fingerprint density at radius 1 is 1.11 bits per heavy atom. The molecule has 1 fully saturated rings. The summed E-state index contributed by atoms with van der Waals surface area (Å²) in [5.74, 6) is -2.09. The molecule has 2 N–H and O–H groups in total. The number of hydrogen-bond acceptors (Lipinski definition) is 5. The molecule has 0 unspecified atom stereocenters. The highest BCUT2D eigenvalue weighted by molar-refractivity contribution is 5.97. The number of nitrogens with one attached hydrogen (secondary N) is 1. The fourth-order valence-electron chi connectivity index (χ4n) is 3.45. The number of Topliss-reactive ketones (excluding diaryl/α,β-unsaturated/α-hetero) is 1. The number of carbonyl (C=O) groups excluding carboxylic acids is 2. The van der Waals surface area contributed by atoms with E-state index in [1.165, 1.54) is 29.2 Å². The number of carbonyl (C=O) groups is 3. The molecule has 0 aliphatic carbocycles. The van der Waals surface area contributed by atoms with Crippen molar-refractivity contribution in [2.75, 3.05) is 38.1 Å². The zero-order valence-corrected chi connectivity index (χ0v) is 19.9.